The summed E-state index contributed by atoms with van der Waals surface area (Å²) in [5.74, 6) is -0.886. The molecular weight excluding hydrogens is 396 g/mol. The second kappa shape index (κ2) is 5.96. The second-order valence-corrected chi connectivity index (χ2v) is 8.95. The monoisotopic (exact) mass is 414 g/mol. The van der Waals surface area contributed by atoms with E-state index in [-0.39, 0.29) is 12.2 Å². The van der Waals surface area contributed by atoms with Gasteiger partial charge in [0, 0.05) is 0 Å². The largest absolute Gasteiger partial charge is 0.363 e. The van der Waals surface area contributed by atoms with E-state index in [1.54, 1.807) is 0 Å². The zero-order valence-electron chi connectivity index (χ0n) is 17.1. The number of nitrogens with zero attached hydrogens (tertiary/aromatic N) is 2. The molecule has 4 aliphatic rings. The molecule has 4 heteroatoms. The maximum Gasteiger partial charge on any atom is 0.139 e. The zero-order chi connectivity index (χ0) is 21.5. The van der Waals surface area contributed by atoms with Crippen LogP contribution in [0.15, 0.2) is 84.9 Å². The molecule has 4 aliphatic heterocycles. The van der Waals surface area contributed by atoms with Gasteiger partial charge in [-0.25, -0.2) is 0 Å². The third kappa shape index (κ3) is 1.93. The lowest BCUT2D eigenvalue weighted by molar-refractivity contribution is -0.0239. The van der Waals surface area contributed by atoms with Gasteiger partial charge in [-0.15, -0.1) is 0 Å². The summed E-state index contributed by atoms with van der Waals surface area (Å²) in [6, 6.07) is 29.5. The fourth-order valence-corrected chi connectivity index (χ4v) is 6.11. The van der Waals surface area contributed by atoms with Crippen LogP contribution in [-0.4, -0.2) is 0 Å². The molecule has 0 radical (unpaired) electrons. The molecule has 0 saturated carbocycles. The van der Waals surface area contributed by atoms with Gasteiger partial charge < -0.3 is 9.47 Å². The van der Waals surface area contributed by atoms with Crippen molar-refractivity contribution in [3.8, 4) is 12.1 Å². The Labute approximate surface area is 185 Å². The molecule has 4 heterocycles. The molecule has 0 spiro atoms. The summed E-state index contributed by atoms with van der Waals surface area (Å²) in [5, 5.41) is 19.4. The van der Waals surface area contributed by atoms with Crippen LogP contribution in [0.3, 0.4) is 0 Å². The van der Waals surface area contributed by atoms with Gasteiger partial charge in [0.25, 0.3) is 0 Å². The quantitative estimate of drug-likeness (QED) is 0.542. The van der Waals surface area contributed by atoms with Gasteiger partial charge in [-0.05, 0) is 57.7 Å². The molecule has 6 atom stereocenters. The third-order valence-corrected chi connectivity index (χ3v) is 7.55. The molecule has 0 aliphatic carbocycles. The number of hydrogen-bond donors (Lipinski definition) is 0. The normalized spacial score (nSPS) is 34.7. The van der Waals surface area contributed by atoms with E-state index in [1.165, 1.54) is 0 Å². The summed E-state index contributed by atoms with van der Waals surface area (Å²) in [6.45, 7) is 0. The minimum absolute atomic E-state index is 0.362. The van der Waals surface area contributed by atoms with Gasteiger partial charge >= 0.3 is 0 Å². The lowest BCUT2D eigenvalue weighted by Gasteiger charge is -2.27. The van der Waals surface area contributed by atoms with Crippen molar-refractivity contribution >= 4 is 0 Å². The summed E-state index contributed by atoms with van der Waals surface area (Å²) in [6.07, 6.45) is 3.60. The molecule has 0 amide bonds. The van der Waals surface area contributed by atoms with Crippen LogP contribution in [0.5, 0.6) is 0 Å². The molecule has 3 aromatic carbocycles. The average molecular weight is 414 g/mol. The topological polar surface area (TPSA) is 66.0 Å². The number of nitriles is 2. The Bertz CT molecular complexity index is 1280. The van der Waals surface area contributed by atoms with Crippen molar-refractivity contribution in [2.45, 2.75) is 23.4 Å². The zero-order valence-corrected chi connectivity index (χ0v) is 17.1. The maximum absolute atomic E-state index is 9.72. The van der Waals surface area contributed by atoms with Gasteiger partial charge in [-0.1, -0.05) is 60.7 Å². The number of fused-ring (bicyclic) bond motifs is 10. The van der Waals surface area contributed by atoms with E-state index in [2.05, 4.69) is 60.7 Å². The molecule has 4 bridgehead atoms. The standard InChI is InChI=1S/C28H18N2O2/c29-15-21-22(16-30)26-20-14-24-23(13-19(20)25(21)31-26)27(17-7-3-1-4-8-17)11-12-28(24,32-27)18-9-5-2-6-10-18/h1-14,21-22,25-26H/t21-,22-,25?,26?,27?,28?/m0/s1. The van der Waals surface area contributed by atoms with Crippen LogP contribution in [0.25, 0.3) is 0 Å². The van der Waals surface area contributed by atoms with E-state index in [0.717, 1.165) is 33.4 Å². The first-order valence-electron chi connectivity index (χ1n) is 10.9. The lowest BCUT2D eigenvalue weighted by atomic mass is 9.71. The summed E-state index contributed by atoms with van der Waals surface area (Å²) in [7, 11) is 0. The van der Waals surface area contributed by atoms with Crippen molar-refractivity contribution in [2.75, 3.05) is 0 Å². The smallest absolute Gasteiger partial charge is 0.139 e. The first-order valence-corrected chi connectivity index (χ1v) is 10.9. The highest BCUT2D eigenvalue weighted by molar-refractivity contribution is 5.64. The Morgan fingerprint density at radius 1 is 0.656 bits per heavy atom. The Kier molecular flexibility index (Phi) is 3.34. The van der Waals surface area contributed by atoms with Crippen LogP contribution in [0.2, 0.25) is 0 Å². The predicted octanol–water partition coefficient (Wildman–Crippen LogP) is 5.18. The number of ether oxygens (including phenoxy) is 2. The Balaban J connectivity index is 1.50. The van der Waals surface area contributed by atoms with Crippen LogP contribution in [0.1, 0.15) is 45.6 Å². The molecule has 1 fully saturated rings. The number of rotatable bonds is 2. The minimum atomic E-state index is -0.694. The van der Waals surface area contributed by atoms with Crippen molar-refractivity contribution in [3.05, 3.63) is 118 Å². The molecule has 32 heavy (non-hydrogen) atoms. The summed E-state index contributed by atoms with van der Waals surface area (Å²) in [5.41, 5.74) is 4.99. The highest BCUT2D eigenvalue weighted by atomic mass is 16.5. The Morgan fingerprint density at radius 3 is 1.50 bits per heavy atom. The summed E-state index contributed by atoms with van der Waals surface area (Å²) >= 11 is 0. The molecule has 7 rings (SSSR count). The molecule has 0 N–H and O–H groups in total. The van der Waals surface area contributed by atoms with E-state index in [0.29, 0.717) is 0 Å². The van der Waals surface area contributed by atoms with Crippen molar-refractivity contribution in [2.24, 2.45) is 11.8 Å². The average Bonchev–Trinajstić information content (AvgIpc) is 3.60. The summed E-state index contributed by atoms with van der Waals surface area (Å²) in [4.78, 5) is 0. The minimum Gasteiger partial charge on any atom is -0.363 e. The van der Waals surface area contributed by atoms with Gasteiger partial charge in [0.2, 0.25) is 0 Å². The first-order chi connectivity index (χ1) is 15.7. The number of hydrogen-bond acceptors (Lipinski definition) is 4. The van der Waals surface area contributed by atoms with E-state index in [4.69, 9.17) is 9.47 Å². The highest BCUT2D eigenvalue weighted by Crippen LogP contribution is 2.64. The van der Waals surface area contributed by atoms with E-state index in [9.17, 15) is 10.5 Å². The van der Waals surface area contributed by atoms with Crippen LogP contribution < -0.4 is 0 Å². The van der Waals surface area contributed by atoms with Crippen LogP contribution in [0.4, 0.5) is 0 Å². The van der Waals surface area contributed by atoms with Gasteiger partial charge in [0.1, 0.15) is 23.4 Å². The Hall–Kier alpha value is -3.70. The maximum atomic E-state index is 9.72. The SMILES string of the molecule is N#C[C@@H]1C2OC(c3cc4c(cc32)C2(c3ccccc3)C=CC4(c3ccccc3)O2)[C@H]1C#N. The van der Waals surface area contributed by atoms with Crippen molar-refractivity contribution in [1.82, 2.24) is 0 Å². The fraction of sp³-hybridized carbons (Fsp3) is 0.214. The molecule has 4 unspecified atom stereocenters. The van der Waals surface area contributed by atoms with Crippen LogP contribution in [-0.2, 0) is 20.7 Å². The van der Waals surface area contributed by atoms with Gasteiger partial charge in [-0.3, -0.25) is 0 Å². The van der Waals surface area contributed by atoms with Crippen LogP contribution >= 0.6 is 0 Å². The Morgan fingerprint density at radius 2 is 1.09 bits per heavy atom. The first kappa shape index (κ1) is 17.9. The molecule has 152 valence electrons. The van der Waals surface area contributed by atoms with Crippen molar-refractivity contribution in [1.29, 1.82) is 10.5 Å². The van der Waals surface area contributed by atoms with E-state index in [1.807, 2.05) is 36.4 Å². The number of benzene rings is 3. The van der Waals surface area contributed by atoms with E-state index < -0.39 is 23.0 Å². The summed E-state index contributed by atoms with van der Waals surface area (Å²) < 4.78 is 13.2. The second-order valence-electron chi connectivity index (χ2n) is 8.95. The molecular formula is C28H18N2O2. The molecule has 4 nitrogen and oxygen atoms in total. The molecule has 3 aromatic rings. The van der Waals surface area contributed by atoms with Gasteiger partial charge in [-0.2, -0.15) is 10.5 Å². The fourth-order valence-electron chi connectivity index (χ4n) is 6.11. The predicted molar refractivity (Wildman–Crippen MR) is 116 cm³/mol. The van der Waals surface area contributed by atoms with E-state index >= 15 is 0 Å². The third-order valence-electron chi connectivity index (χ3n) is 7.55. The molecule has 0 aromatic heterocycles. The van der Waals surface area contributed by atoms with Crippen LogP contribution in [0, 0.1) is 34.5 Å². The van der Waals surface area contributed by atoms with Gasteiger partial charge in [0.15, 0.2) is 0 Å². The molecule has 1 saturated heterocycles. The van der Waals surface area contributed by atoms with Crippen molar-refractivity contribution in [3.63, 3.8) is 0 Å². The lowest BCUT2D eigenvalue weighted by Crippen LogP contribution is -2.25. The highest BCUT2D eigenvalue weighted by Gasteiger charge is 2.60. The van der Waals surface area contributed by atoms with Crippen molar-refractivity contribution < 1.29 is 9.47 Å². The van der Waals surface area contributed by atoms with Gasteiger partial charge in [0.05, 0.1) is 24.0 Å².